The van der Waals surface area contributed by atoms with Gasteiger partial charge in [0.15, 0.2) is 0 Å². The van der Waals surface area contributed by atoms with Gasteiger partial charge in [-0.2, -0.15) is 0 Å². The molecule has 1 N–H and O–H groups in total. The van der Waals surface area contributed by atoms with Crippen molar-refractivity contribution >= 4 is 17.6 Å². The fraction of sp³-hybridized carbons (Fsp3) is 0.480. The fourth-order valence-corrected chi connectivity index (χ4v) is 4.76. The molecule has 1 aromatic carbocycles. The van der Waals surface area contributed by atoms with E-state index in [1.54, 1.807) is 0 Å². The normalized spacial score (nSPS) is 21.4. The zero-order valence-electron chi connectivity index (χ0n) is 18.9. The summed E-state index contributed by atoms with van der Waals surface area (Å²) in [6.07, 6.45) is 0.962. The Labute approximate surface area is 184 Å². The number of nitrogens with zero attached hydrogens (tertiary/aromatic N) is 3. The van der Waals surface area contributed by atoms with Gasteiger partial charge in [-0.05, 0) is 55.5 Å². The first-order valence-corrected chi connectivity index (χ1v) is 11.3. The Morgan fingerprint density at radius 2 is 1.74 bits per heavy atom. The third kappa shape index (κ3) is 4.16. The van der Waals surface area contributed by atoms with Crippen molar-refractivity contribution in [2.75, 3.05) is 37.6 Å². The molecular formula is C25H32N4O2. The number of aryl methyl sites for hydroxylation is 3. The second kappa shape index (κ2) is 8.69. The molecule has 1 unspecified atom stereocenters. The Morgan fingerprint density at radius 3 is 2.39 bits per heavy atom. The molecule has 2 fully saturated rings. The van der Waals surface area contributed by atoms with Gasteiger partial charge in [0, 0.05) is 44.0 Å². The third-order valence-corrected chi connectivity index (χ3v) is 6.83. The van der Waals surface area contributed by atoms with Gasteiger partial charge in [-0.15, -0.1) is 0 Å². The minimum atomic E-state index is -0.105. The van der Waals surface area contributed by atoms with Gasteiger partial charge >= 0.3 is 0 Å². The average molecular weight is 421 g/mol. The fourth-order valence-electron chi connectivity index (χ4n) is 4.76. The van der Waals surface area contributed by atoms with Crippen molar-refractivity contribution in [2.24, 2.45) is 5.92 Å². The molecule has 0 radical (unpaired) electrons. The summed E-state index contributed by atoms with van der Waals surface area (Å²) in [5.41, 5.74) is 5.13. The first kappa shape index (κ1) is 21.3. The van der Waals surface area contributed by atoms with Crippen LogP contribution >= 0.6 is 0 Å². The van der Waals surface area contributed by atoms with Crippen molar-refractivity contribution in [1.82, 2.24) is 15.2 Å². The first-order chi connectivity index (χ1) is 14.9. The molecular weight excluding hydrogens is 388 g/mol. The average Bonchev–Trinajstić information content (AvgIpc) is 3.16. The highest BCUT2D eigenvalue weighted by molar-refractivity contribution is 5.94. The lowest BCUT2D eigenvalue weighted by molar-refractivity contribution is -0.120. The van der Waals surface area contributed by atoms with Crippen molar-refractivity contribution in [3.8, 4) is 0 Å². The number of carbonyl (C=O) groups is 2. The smallest absolute Gasteiger partial charge is 0.253 e. The van der Waals surface area contributed by atoms with Crippen LogP contribution in [0.4, 0.5) is 5.82 Å². The van der Waals surface area contributed by atoms with Gasteiger partial charge in [0.05, 0.1) is 5.92 Å². The van der Waals surface area contributed by atoms with Crippen molar-refractivity contribution in [3.05, 3.63) is 58.3 Å². The van der Waals surface area contributed by atoms with Crippen LogP contribution in [-0.2, 0) is 4.79 Å². The predicted molar refractivity (Wildman–Crippen MR) is 123 cm³/mol. The molecule has 2 amide bonds. The maximum Gasteiger partial charge on any atom is 0.253 e. The highest BCUT2D eigenvalue weighted by Crippen LogP contribution is 2.31. The highest BCUT2D eigenvalue weighted by Gasteiger charge is 2.34. The lowest BCUT2D eigenvalue weighted by Gasteiger charge is -2.36. The Bertz CT molecular complexity index is 978. The zero-order valence-corrected chi connectivity index (χ0v) is 18.9. The number of carbonyl (C=O) groups excluding carboxylic acids is 2. The van der Waals surface area contributed by atoms with E-state index in [0.29, 0.717) is 24.6 Å². The SMILES string of the molecule is CCC1CNC(=O)[C@H]1c1ccc(C(=O)N2CCN(c3nc(C)c(C)cc3C)CC2)cc1. The molecule has 0 spiro atoms. The molecule has 164 valence electrons. The Hall–Kier alpha value is -2.89. The number of anilines is 1. The summed E-state index contributed by atoms with van der Waals surface area (Å²) in [6, 6.07) is 9.83. The maximum atomic E-state index is 13.0. The van der Waals surface area contributed by atoms with Gasteiger partial charge in [0.25, 0.3) is 5.91 Å². The Morgan fingerprint density at radius 1 is 1.06 bits per heavy atom. The van der Waals surface area contributed by atoms with Crippen LogP contribution in [0.1, 0.15) is 52.0 Å². The number of amides is 2. The van der Waals surface area contributed by atoms with Gasteiger partial charge in [0.2, 0.25) is 5.91 Å². The Kier molecular flexibility index (Phi) is 5.99. The summed E-state index contributed by atoms with van der Waals surface area (Å²) >= 11 is 0. The molecule has 2 saturated heterocycles. The van der Waals surface area contributed by atoms with Crippen LogP contribution in [-0.4, -0.2) is 54.4 Å². The van der Waals surface area contributed by atoms with Crippen LogP contribution in [0.15, 0.2) is 30.3 Å². The summed E-state index contributed by atoms with van der Waals surface area (Å²) in [5.74, 6) is 1.40. The molecule has 2 aliphatic heterocycles. The van der Waals surface area contributed by atoms with E-state index in [9.17, 15) is 9.59 Å². The molecule has 6 heteroatoms. The molecule has 0 bridgehead atoms. The van der Waals surface area contributed by atoms with Crippen LogP contribution in [0, 0.1) is 26.7 Å². The quantitative estimate of drug-likeness (QED) is 0.825. The van der Waals surface area contributed by atoms with Gasteiger partial charge in [0.1, 0.15) is 5.82 Å². The van der Waals surface area contributed by atoms with E-state index in [2.05, 4.69) is 37.1 Å². The van der Waals surface area contributed by atoms with Crippen molar-refractivity contribution in [3.63, 3.8) is 0 Å². The lowest BCUT2D eigenvalue weighted by Crippen LogP contribution is -2.49. The highest BCUT2D eigenvalue weighted by atomic mass is 16.2. The van der Waals surface area contributed by atoms with E-state index in [4.69, 9.17) is 4.98 Å². The molecule has 3 heterocycles. The molecule has 0 aliphatic carbocycles. The molecule has 2 aliphatic rings. The van der Waals surface area contributed by atoms with Gasteiger partial charge < -0.3 is 15.1 Å². The second-order valence-electron chi connectivity index (χ2n) is 8.82. The molecule has 2 aromatic rings. The first-order valence-electron chi connectivity index (χ1n) is 11.3. The second-order valence-corrected chi connectivity index (χ2v) is 8.82. The molecule has 4 rings (SSSR count). The predicted octanol–water partition coefficient (Wildman–Crippen LogP) is 3.21. The number of aromatic nitrogens is 1. The molecule has 31 heavy (non-hydrogen) atoms. The van der Waals surface area contributed by atoms with E-state index in [1.807, 2.05) is 36.1 Å². The molecule has 0 saturated carbocycles. The minimum absolute atomic E-state index is 0.0545. The molecule has 6 nitrogen and oxygen atoms in total. The molecule has 2 atom stereocenters. The van der Waals surface area contributed by atoms with Crippen LogP contribution < -0.4 is 10.2 Å². The molecule has 1 aromatic heterocycles. The van der Waals surface area contributed by atoms with Crippen LogP contribution in [0.2, 0.25) is 0 Å². The van der Waals surface area contributed by atoms with Gasteiger partial charge in [-0.3, -0.25) is 9.59 Å². The number of nitrogens with one attached hydrogen (secondary N) is 1. The van der Waals surface area contributed by atoms with E-state index in [1.165, 1.54) is 11.1 Å². The number of rotatable bonds is 4. The van der Waals surface area contributed by atoms with Crippen LogP contribution in [0.3, 0.4) is 0 Å². The van der Waals surface area contributed by atoms with E-state index in [0.717, 1.165) is 43.1 Å². The number of hydrogen-bond donors (Lipinski definition) is 1. The summed E-state index contributed by atoms with van der Waals surface area (Å²) < 4.78 is 0. The maximum absolute atomic E-state index is 13.0. The summed E-state index contributed by atoms with van der Waals surface area (Å²) in [5, 5.41) is 2.96. The van der Waals surface area contributed by atoms with E-state index in [-0.39, 0.29) is 17.7 Å². The van der Waals surface area contributed by atoms with Crippen LogP contribution in [0.25, 0.3) is 0 Å². The largest absolute Gasteiger partial charge is 0.355 e. The number of piperazine rings is 1. The minimum Gasteiger partial charge on any atom is -0.355 e. The summed E-state index contributed by atoms with van der Waals surface area (Å²) in [7, 11) is 0. The summed E-state index contributed by atoms with van der Waals surface area (Å²) in [4.78, 5) is 34.2. The van der Waals surface area contributed by atoms with E-state index < -0.39 is 0 Å². The summed E-state index contributed by atoms with van der Waals surface area (Å²) in [6.45, 7) is 12.0. The van der Waals surface area contributed by atoms with Crippen molar-refractivity contribution in [1.29, 1.82) is 0 Å². The van der Waals surface area contributed by atoms with Crippen molar-refractivity contribution in [2.45, 2.75) is 40.0 Å². The Balaban J connectivity index is 1.41. The van der Waals surface area contributed by atoms with Crippen LogP contribution in [0.5, 0.6) is 0 Å². The lowest BCUT2D eigenvalue weighted by atomic mass is 9.86. The topological polar surface area (TPSA) is 65.5 Å². The number of benzene rings is 1. The van der Waals surface area contributed by atoms with Gasteiger partial charge in [-0.1, -0.05) is 31.5 Å². The van der Waals surface area contributed by atoms with Gasteiger partial charge in [-0.25, -0.2) is 4.98 Å². The van der Waals surface area contributed by atoms with Crippen molar-refractivity contribution < 1.29 is 9.59 Å². The zero-order chi connectivity index (χ0) is 22.1. The van der Waals surface area contributed by atoms with E-state index >= 15 is 0 Å². The third-order valence-electron chi connectivity index (χ3n) is 6.83. The monoisotopic (exact) mass is 420 g/mol. The standard InChI is InChI=1S/C25H32N4O2/c1-5-19-15-26-24(30)22(19)20-6-8-21(9-7-20)25(31)29-12-10-28(11-13-29)23-17(3)14-16(2)18(4)27-23/h6-9,14,19,22H,5,10-13,15H2,1-4H3,(H,26,30)/t19?,22-/m1/s1. The number of hydrogen-bond acceptors (Lipinski definition) is 4. The number of pyridine rings is 1.